The molecule has 1 atom stereocenters. The molecule has 0 heterocycles. The van der Waals surface area contributed by atoms with Crippen LogP contribution in [-0.4, -0.2) is 6.61 Å². The molecule has 3 rings (SSSR count). The summed E-state index contributed by atoms with van der Waals surface area (Å²) in [6.07, 6.45) is 24.1. The summed E-state index contributed by atoms with van der Waals surface area (Å²) in [7, 11) is 0. The molecule has 0 N–H and O–H groups in total. The lowest BCUT2D eigenvalue weighted by Gasteiger charge is -2.29. The molecule has 0 amide bonds. The molecule has 0 spiro atoms. The Bertz CT molecular complexity index is 433. The third-order valence-electron chi connectivity index (χ3n) is 4.85. The summed E-state index contributed by atoms with van der Waals surface area (Å²) in [5.74, 6) is 2.71. The van der Waals surface area contributed by atoms with Gasteiger partial charge in [0, 0.05) is 0 Å². The Morgan fingerprint density at radius 2 is 2.00 bits per heavy atom. The van der Waals surface area contributed by atoms with Crippen LogP contribution in [0.2, 0.25) is 0 Å². The Labute approximate surface area is 123 Å². The zero-order valence-corrected chi connectivity index (χ0v) is 12.4. The quantitative estimate of drug-likeness (QED) is 0.671. The van der Waals surface area contributed by atoms with Crippen molar-refractivity contribution in [2.24, 2.45) is 11.8 Å². The van der Waals surface area contributed by atoms with E-state index in [2.05, 4.69) is 36.5 Å². The first kappa shape index (κ1) is 13.7. The van der Waals surface area contributed by atoms with E-state index in [1.165, 1.54) is 44.1 Å². The van der Waals surface area contributed by atoms with Crippen molar-refractivity contribution in [3.63, 3.8) is 0 Å². The fourth-order valence-electron chi connectivity index (χ4n) is 3.61. The van der Waals surface area contributed by atoms with Crippen LogP contribution in [-0.2, 0) is 4.74 Å². The molecule has 1 fully saturated rings. The van der Waals surface area contributed by atoms with E-state index in [9.17, 15) is 0 Å². The van der Waals surface area contributed by atoms with Gasteiger partial charge in [-0.25, -0.2) is 0 Å². The molecule has 0 aromatic rings. The van der Waals surface area contributed by atoms with E-state index >= 15 is 0 Å². The van der Waals surface area contributed by atoms with Gasteiger partial charge >= 0.3 is 0 Å². The Morgan fingerprint density at radius 3 is 2.80 bits per heavy atom. The average Bonchev–Trinajstić information content (AvgIpc) is 2.55. The van der Waals surface area contributed by atoms with E-state index in [0.29, 0.717) is 0 Å². The van der Waals surface area contributed by atoms with Crippen LogP contribution in [0.1, 0.15) is 51.4 Å². The predicted molar refractivity (Wildman–Crippen MR) is 84.3 cm³/mol. The number of hydrogen-bond acceptors (Lipinski definition) is 1. The van der Waals surface area contributed by atoms with Gasteiger partial charge in [-0.15, -0.1) is 0 Å². The standard InChI is InChI=1S/C19H26O/c1-3-8-16(9-4-1)15-20-19-13-7-12-18(14-19)17-10-5-2-6-11-17/h1,3,7-8,13-14,17-18H,2,4-6,9-12,15H2. The van der Waals surface area contributed by atoms with Crippen molar-refractivity contribution in [2.45, 2.75) is 51.4 Å². The van der Waals surface area contributed by atoms with Crippen LogP contribution < -0.4 is 0 Å². The Morgan fingerprint density at radius 1 is 1.10 bits per heavy atom. The molecule has 1 unspecified atom stereocenters. The van der Waals surface area contributed by atoms with Gasteiger partial charge < -0.3 is 4.74 Å². The number of hydrogen-bond donors (Lipinski definition) is 0. The second-order valence-corrected chi connectivity index (χ2v) is 6.35. The summed E-state index contributed by atoms with van der Waals surface area (Å²) in [5, 5.41) is 0. The molecule has 0 radical (unpaired) electrons. The van der Waals surface area contributed by atoms with Gasteiger partial charge in [-0.3, -0.25) is 0 Å². The maximum absolute atomic E-state index is 6.02. The zero-order chi connectivity index (χ0) is 13.6. The number of rotatable bonds is 4. The smallest absolute Gasteiger partial charge is 0.115 e. The van der Waals surface area contributed by atoms with E-state index in [1.54, 1.807) is 0 Å². The molecular weight excluding hydrogens is 244 g/mol. The number of ether oxygens (including phenoxy) is 1. The van der Waals surface area contributed by atoms with Gasteiger partial charge in [0.05, 0.1) is 0 Å². The fourth-order valence-corrected chi connectivity index (χ4v) is 3.61. The van der Waals surface area contributed by atoms with E-state index in [4.69, 9.17) is 4.74 Å². The van der Waals surface area contributed by atoms with Crippen LogP contribution in [0.25, 0.3) is 0 Å². The number of allylic oxidation sites excluding steroid dienone is 6. The van der Waals surface area contributed by atoms with Crippen LogP contribution in [0.4, 0.5) is 0 Å². The highest BCUT2D eigenvalue weighted by Crippen LogP contribution is 2.35. The van der Waals surface area contributed by atoms with Gasteiger partial charge in [0.15, 0.2) is 0 Å². The van der Waals surface area contributed by atoms with Gasteiger partial charge in [0.2, 0.25) is 0 Å². The van der Waals surface area contributed by atoms with Crippen LogP contribution in [0.15, 0.2) is 47.8 Å². The van der Waals surface area contributed by atoms with E-state index in [0.717, 1.165) is 37.0 Å². The zero-order valence-electron chi connectivity index (χ0n) is 12.4. The third-order valence-corrected chi connectivity index (χ3v) is 4.85. The van der Waals surface area contributed by atoms with Gasteiger partial charge in [0.25, 0.3) is 0 Å². The molecule has 0 bridgehead atoms. The van der Waals surface area contributed by atoms with Gasteiger partial charge in [-0.05, 0) is 61.7 Å². The van der Waals surface area contributed by atoms with Crippen molar-refractivity contribution in [3.05, 3.63) is 47.8 Å². The van der Waals surface area contributed by atoms with Crippen molar-refractivity contribution < 1.29 is 4.74 Å². The molecule has 0 aromatic heterocycles. The second-order valence-electron chi connectivity index (χ2n) is 6.35. The lowest BCUT2D eigenvalue weighted by molar-refractivity contribution is 0.231. The summed E-state index contributed by atoms with van der Waals surface area (Å²) < 4.78 is 6.02. The minimum atomic E-state index is 0.718. The van der Waals surface area contributed by atoms with E-state index in [1.807, 2.05) is 0 Å². The van der Waals surface area contributed by atoms with Crippen molar-refractivity contribution in [2.75, 3.05) is 6.61 Å². The normalized spacial score (nSPS) is 27.1. The molecule has 1 heteroatoms. The Balaban J connectivity index is 1.55. The van der Waals surface area contributed by atoms with Crippen molar-refractivity contribution in [1.82, 2.24) is 0 Å². The summed E-state index contributed by atoms with van der Waals surface area (Å²) in [6.45, 7) is 0.762. The van der Waals surface area contributed by atoms with Crippen LogP contribution in [0.5, 0.6) is 0 Å². The van der Waals surface area contributed by atoms with E-state index < -0.39 is 0 Å². The molecule has 0 aromatic carbocycles. The summed E-state index contributed by atoms with van der Waals surface area (Å²) in [4.78, 5) is 0. The molecule has 0 saturated heterocycles. The summed E-state index contributed by atoms with van der Waals surface area (Å²) >= 11 is 0. The van der Waals surface area contributed by atoms with Crippen LogP contribution >= 0.6 is 0 Å². The Kier molecular flexibility index (Phi) is 4.78. The lowest BCUT2D eigenvalue weighted by Crippen LogP contribution is -2.18. The van der Waals surface area contributed by atoms with Crippen LogP contribution in [0.3, 0.4) is 0 Å². The lowest BCUT2D eigenvalue weighted by atomic mass is 9.77. The SMILES string of the molecule is C1=CCCC(COC2=CC(C3CCCCC3)CC=C2)=C1. The molecule has 3 aliphatic rings. The van der Waals surface area contributed by atoms with Crippen LogP contribution in [0, 0.1) is 11.8 Å². The minimum absolute atomic E-state index is 0.718. The highest BCUT2D eigenvalue weighted by molar-refractivity contribution is 5.22. The molecule has 3 aliphatic carbocycles. The molecule has 1 saturated carbocycles. The maximum Gasteiger partial charge on any atom is 0.115 e. The molecule has 1 nitrogen and oxygen atoms in total. The molecule has 0 aliphatic heterocycles. The third kappa shape index (κ3) is 3.65. The first-order valence-corrected chi connectivity index (χ1v) is 8.27. The molecule has 20 heavy (non-hydrogen) atoms. The fraction of sp³-hybridized carbons (Fsp3) is 0.579. The predicted octanol–water partition coefficient (Wildman–Crippen LogP) is 5.32. The summed E-state index contributed by atoms with van der Waals surface area (Å²) in [6, 6.07) is 0. The summed E-state index contributed by atoms with van der Waals surface area (Å²) in [5.41, 5.74) is 1.42. The topological polar surface area (TPSA) is 9.23 Å². The van der Waals surface area contributed by atoms with Gasteiger partial charge in [0.1, 0.15) is 12.4 Å². The maximum atomic E-state index is 6.02. The minimum Gasteiger partial charge on any atom is -0.490 e. The molecule has 108 valence electrons. The van der Waals surface area contributed by atoms with Crippen molar-refractivity contribution in [3.8, 4) is 0 Å². The largest absolute Gasteiger partial charge is 0.490 e. The monoisotopic (exact) mass is 270 g/mol. The highest BCUT2D eigenvalue weighted by Gasteiger charge is 2.23. The first-order valence-electron chi connectivity index (χ1n) is 8.27. The Hall–Kier alpha value is -1.24. The average molecular weight is 270 g/mol. The van der Waals surface area contributed by atoms with Crippen molar-refractivity contribution >= 4 is 0 Å². The van der Waals surface area contributed by atoms with Crippen molar-refractivity contribution in [1.29, 1.82) is 0 Å². The second kappa shape index (κ2) is 6.97. The molecular formula is C19H26O. The first-order chi connectivity index (χ1) is 9.92. The van der Waals surface area contributed by atoms with E-state index in [-0.39, 0.29) is 0 Å². The van der Waals surface area contributed by atoms with Gasteiger partial charge in [-0.2, -0.15) is 0 Å². The van der Waals surface area contributed by atoms with Gasteiger partial charge in [-0.1, -0.05) is 43.6 Å². The highest BCUT2D eigenvalue weighted by atomic mass is 16.5.